The first-order valence-corrected chi connectivity index (χ1v) is 12.2. The Morgan fingerprint density at radius 3 is 2.30 bits per heavy atom. The molecule has 5 atom stereocenters. The second-order valence-electron chi connectivity index (χ2n) is 5.63. The Kier molecular flexibility index (Phi) is 9.57. The van der Waals surface area contributed by atoms with Crippen LogP contribution < -0.4 is 10.6 Å². The van der Waals surface area contributed by atoms with Crippen molar-refractivity contribution in [2.75, 3.05) is 6.61 Å². The van der Waals surface area contributed by atoms with Gasteiger partial charge in [0.05, 0.1) is 12.7 Å². The van der Waals surface area contributed by atoms with Crippen LogP contribution in [-0.2, 0) is 41.2 Å². The SMILES string of the molecule is [B]/C(=C/NC1CC(O)C(COP(=O)(O)OP(=O)(O)OP(=O)(O)O)O1)C(=O)NC(C)=O. The summed E-state index contributed by atoms with van der Waals surface area (Å²) in [6.45, 7) is 0.240. The molecule has 0 spiro atoms. The number of nitrogens with one attached hydrogen (secondary N) is 2. The topological polar surface area (TPSA) is 247 Å². The Morgan fingerprint density at radius 2 is 1.77 bits per heavy atom. The van der Waals surface area contributed by atoms with Crippen LogP contribution in [0.4, 0.5) is 0 Å². The van der Waals surface area contributed by atoms with Crippen molar-refractivity contribution in [3.63, 3.8) is 0 Å². The minimum atomic E-state index is -5.67. The van der Waals surface area contributed by atoms with Gasteiger partial charge in [-0.1, -0.05) is 0 Å². The quantitative estimate of drug-likeness (QED) is 0.0993. The highest BCUT2D eigenvalue weighted by Gasteiger charge is 2.42. The molecule has 20 heteroatoms. The molecule has 0 bridgehead atoms. The molecule has 1 saturated heterocycles. The standard InChI is InChI=1S/C10H18BN2O14P3/c1-5(14)13-10(16)6(11)3-12-9-2-7(15)8(25-9)4-24-29(20,21)27-30(22,23)26-28(17,18)19/h3,7-9,12,15H,2,4H2,1H3,(H,20,21)(H,22,23)(H,13,14,16)(H2,17,18,19)/b6-3+. The van der Waals surface area contributed by atoms with E-state index in [0.29, 0.717) is 0 Å². The maximum absolute atomic E-state index is 11.6. The number of ether oxygens (including phenoxy) is 1. The summed E-state index contributed by atoms with van der Waals surface area (Å²) in [7, 11) is -11.1. The van der Waals surface area contributed by atoms with Gasteiger partial charge in [0.1, 0.15) is 20.2 Å². The zero-order valence-electron chi connectivity index (χ0n) is 15.1. The molecule has 2 amide bonds. The fraction of sp³-hybridized carbons (Fsp3) is 0.600. The third-order valence-corrected chi connectivity index (χ3v) is 6.82. The number of phosphoric acid groups is 3. The summed E-state index contributed by atoms with van der Waals surface area (Å²) in [6.07, 6.45) is -2.59. The molecule has 0 saturated carbocycles. The third kappa shape index (κ3) is 10.4. The van der Waals surface area contributed by atoms with Crippen molar-refractivity contribution in [1.82, 2.24) is 10.6 Å². The number of aliphatic hydroxyl groups excluding tert-OH is 1. The Morgan fingerprint density at radius 1 is 1.17 bits per heavy atom. The molecule has 5 unspecified atom stereocenters. The summed E-state index contributed by atoms with van der Waals surface area (Å²) >= 11 is 0. The molecule has 1 heterocycles. The highest BCUT2D eigenvalue weighted by Crippen LogP contribution is 2.66. The van der Waals surface area contributed by atoms with Crippen LogP contribution in [0.2, 0.25) is 0 Å². The summed E-state index contributed by atoms with van der Waals surface area (Å²) in [5.41, 5.74) is -0.389. The zero-order valence-corrected chi connectivity index (χ0v) is 17.7. The average molecular weight is 494 g/mol. The molecule has 1 aliphatic rings. The van der Waals surface area contributed by atoms with Gasteiger partial charge >= 0.3 is 23.5 Å². The fourth-order valence-electron chi connectivity index (χ4n) is 1.94. The van der Waals surface area contributed by atoms with Crippen LogP contribution in [0.3, 0.4) is 0 Å². The highest BCUT2D eigenvalue weighted by molar-refractivity contribution is 7.66. The van der Waals surface area contributed by atoms with Crippen molar-refractivity contribution in [2.45, 2.75) is 31.8 Å². The first-order valence-electron chi connectivity index (χ1n) is 7.65. The Balaban J connectivity index is 2.58. The van der Waals surface area contributed by atoms with Crippen molar-refractivity contribution >= 4 is 43.1 Å². The number of carbonyl (C=O) groups is 2. The van der Waals surface area contributed by atoms with E-state index in [1.54, 1.807) is 0 Å². The molecular formula is C10H18BN2O14P3. The number of aliphatic hydroxyl groups is 1. The van der Waals surface area contributed by atoms with E-state index in [-0.39, 0.29) is 11.9 Å². The Bertz CT molecular complexity index is 829. The smallest absolute Gasteiger partial charge is 0.390 e. The van der Waals surface area contributed by atoms with Gasteiger partial charge in [-0.25, -0.2) is 13.7 Å². The first-order chi connectivity index (χ1) is 13.5. The second-order valence-corrected chi connectivity index (χ2v) is 10.0. The van der Waals surface area contributed by atoms with Gasteiger partial charge in [-0.05, 0) is 11.7 Å². The molecule has 16 nitrogen and oxygen atoms in total. The molecule has 1 rings (SSSR count). The van der Waals surface area contributed by atoms with Crippen molar-refractivity contribution in [3.05, 3.63) is 11.7 Å². The van der Waals surface area contributed by atoms with Gasteiger partial charge < -0.3 is 34.7 Å². The number of imide groups is 1. The molecule has 170 valence electrons. The average Bonchev–Trinajstić information content (AvgIpc) is 2.86. The molecule has 30 heavy (non-hydrogen) atoms. The van der Waals surface area contributed by atoms with Crippen LogP contribution in [0.15, 0.2) is 11.7 Å². The van der Waals surface area contributed by atoms with Crippen LogP contribution in [0.5, 0.6) is 0 Å². The van der Waals surface area contributed by atoms with Gasteiger partial charge in [0.2, 0.25) is 11.8 Å². The van der Waals surface area contributed by atoms with Gasteiger partial charge in [0.15, 0.2) is 0 Å². The zero-order chi connectivity index (χ0) is 23.3. The molecule has 1 aliphatic heterocycles. The van der Waals surface area contributed by atoms with Crippen molar-refractivity contribution in [3.8, 4) is 0 Å². The summed E-state index contributed by atoms with van der Waals surface area (Å²) < 4.78 is 50.1. The minimum Gasteiger partial charge on any atom is -0.390 e. The van der Waals surface area contributed by atoms with Crippen LogP contribution in [0.1, 0.15) is 13.3 Å². The van der Waals surface area contributed by atoms with Gasteiger partial charge in [0.25, 0.3) is 0 Å². The summed E-state index contributed by atoms with van der Waals surface area (Å²) in [5.74, 6) is -1.53. The van der Waals surface area contributed by atoms with Crippen LogP contribution in [0.25, 0.3) is 0 Å². The van der Waals surface area contributed by atoms with E-state index in [4.69, 9.17) is 27.3 Å². The van der Waals surface area contributed by atoms with Crippen LogP contribution in [-0.4, -0.2) is 69.4 Å². The molecule has 0 aliphatic carbocycles. The van der Waals surface area contributed by atoms with Gasteiger partial charge in [0, 0.05) is 13.3 Å². The molecular weight excluding hydrogens is 476 g/mol. The number of rotatable bonds is 10. The minimum absolute atomic E-state index is 0.109. The lowest BCUT2D eigenvalue weighted by molar-refractivity contribution is -0.126. The lowest BCUT2D eigenvalue weighted by Crippen LogP contribution is -2.32. The molecule has 0 aromatic rings. The number of amides is 2. The molecule has 7 N–H and O–H groups in total. The van der Waals surface area contributed by atoms with Gasteiger partial charge in [-0.2, -0.15) is 8.62 Å². The Hall–Kier alpha value is -0.925. The summed E-state index contributed by atoms with van der Waals surface area (Å²) in [5, 5.41) is 14.3. The molecule has 1 fully saturated rings. The van der Waals surface area contributed by atoms with Gasteiger partial charge in [-0.15, -0.1) is 0 Å². The highest BCUT2D eigenvalue weighted by atomic mass is 31.3. The number of hydrogen-bond donors (Lipinski definition) is 7. The molecule has 2 radical (unpaired) electrons. The first kappa shape index (κ1) is 27.1. The van der Waals surface area contributed by atoms with Crippen molar-refractivity contribution in [2.24, 2.45) is 0 Å². The van der Waals surface area contributed by atoms with E-state index in [1.807, 2.05) is 5.32 Å². The van der Waals surface area contributed by atoms with Crippen molar-refractivity contribution < 1.29 is 65.8 Å². The molecule has 0 aromatic heterocycles. The lowest BCUT2D eigenvalue weighted by Gasteiger charge is -2.19. The normalized spacial score (nSPS) is 26.5. The lowest BCUT2D eigenvalue weighted by atomic mass is 9.96. The van der Waals surface area contributed by atoms with Crippen molar-refractivity contribution in [1.29, 1.82) is 0 Å². The van der Waals surface area contributed by atoms with E-state index in [9.17, 15) is 33.3 Å². The summed E-state index contributed by atoms with van der Waals surface area (Å²) in [4.78, 5) is 57.5. The second kappa shape index (κ2) is 10.6. The summed E-state index contributed by atoms with van der Waals surface area (Å²) in [6, 6.07) is 0. The van der Waals surface area contributed by atoms with E-state index in [2.05, 4.69) is 18.5 Å². The maximum atomic E-state index is 11.6. The van der Waals surface area contributed by atoms with E-state index < -0.39 is 60.3 Å². The van der Waals surface area contributed by atoms with E-state index >= 15 is 0 Å². The van der Waals surface area contributed by atoms with Crippen LogP contribution in [0, 0.1) is 0 Å². The van der Waals surface area contributed by atoms with E-state index in [0.717, 1.165) is 13.1 Å². The monoisotopic (exact) mass is 494 g/mol. The van der Waals surface area contributed by atoms with Gasteiger partial charge in [-0.3, -0.25) is 19.4 Å². The third-order valence-electron chi connectivity index (χ3n) is 3.02. The van der Waals surface area contributed by atoms with Crippen LogP contribution >= 0.6 is 23.5 Å². The largest absolute Gasteiger partial charge is 0.490 e. The van der Waals surface area contributed by atoms with E-state index in [1.165, 1.54) is 0 Å². The number of carbonyl (C=O) groups excluding carboxylic acids is 2. The predicted octanol–water partition coefficient (Wildman–Crippen LogP) is -1.93. The maximum Gasteiger partial charge on any atom is 0.490 e. The predicted molar refractivity (Wildman–Crippen MR) is 94.9 cm³/mol. The number of hydrogen-bond acceptors (Lipinski definition) is 11. The fourth-order valence-corrected chi connectivity index (χ4v) is 4.97. The number of phosphoric ester groups is 1. The Labute approximate surface area is 170 Å². The molecule has 0 aromatic carbocycles.